The lowest BCUT2D eigenvalue weighted by atomic mass is 9.63. The van der Waals surface area contributed by atoms with Crippen molar-refractivity contribution in [1.82, 2.24) is 0 Å². The van der Waals surface area contributed by atoms with Crippen molar-refractivity contribution >= 4 is 11.9 Å². The number of rotatable bonds is 8. The van der Waals surface area contributed by atoms with E-state index in [0.29, 0.717) is 11.3 Å². The maximum Gasteiger partial charge on any atom is 0.343 e. The van der Waals surface area contributed by atoms with E-state index in [4.69, 9.17) is 14.2 Å². The zero-order valence-corrected chi connectivity index (χ0v) is 25.0. The van der Waals surface area contributed by atoms with Crippen LogP contribution in [0.4, 0.5) is 0 Å². The van der Waals surface area contributed by atoms with E-state index in [-0.39, 0.29) is 30.0 Å². The van der Waals surface area contributed by atoms with Crippen molar-refractivity contribution in [2.24, 2.45) is 0 Å². The molecule has 0 spiro atoms. The van der Waals surface area contributed by atoms with E-state index in [0.717, 1.165) is 40.7 Å². The lowest BCUT2D eigenvalue weighted by Crippen LogP contribution is -2.33. The van der Waals surface area contributed by atoms with E-state index in [9.17, 15) is 9.59 Å². The Morgan fingerprint density at radius 3 is 2.05 bits per heavy atom. The minimum absolute atomic E-state index is 0.0520. The summed E-state index contributed by atoms with van der Waals surface area (Å²) >= 11 is 0. The minimum atomic E-state index is -0.437. The molecular formula is C37H38O5. The van der Waals surface area contributed by atoms with Crippen LogP contribution in [-0.2, 0) is 31.7 Å². The van der Waals surface area contributed by atoms with E-state index in [1.807, 2.05) is 54.6 Å². The number of methoxy groups -OCH3 is 1. The summed E-state index contributed by atoms with van der Waals surface area (Å²) in [5.74, 6) is -0.191. The third kappa shape index (κ3) is 6.25. The van der Waals surface area contributed by atoms with Crippen LogP contribution in [0.2, 0.25) is 0 Å². The van der Waals surface area contributed by atoms with Crippen LogP contribution in [0.3, 0.4) is 0 Å². The van der Waals surface area contributed by atoms with Crippen molar-refractivity contribution in [1.29, 1.82) is 0 Å². The quantitative estimate of drug-likeness (QED) is 0.202. The SMILES string of the molecule is COC(=O)COc1ccc(-c2ccc(C(=O)OCc3ccccc3)cc2)cc1-c1ccc2c(c1)C(C)(C)CCC2(C)C. The molecule has 5 heteroatoms. The number of esters is 2. The Kier molecular flexibility index (Phi) is 8.22. The van der Waals surface area contributed by atoms with Crippen LogP contribution < -0.4 is 4.74 Å². The molecule has 216 valence electrons. The highest BCUT2D eigenvalue weighted by atomic mass is 16.6. The maximum atomic E-state index is 12.6. The predicted octanol–water partition coefficient (Wildman–Crippen LogP) is 8.28. The van der Waals surface area contributed by atoms with Crippen LogP contribution in [0, 0.1) is 0 Å². The van der Waals surface area contributed by atoms with Crippen LogP contribution in [-0.4, -0.2) is 25.7 Å². The number of hydrogen-bond acceptors (Lipinski definition) is 5. The highest BCUT2D eigenvalue weighted by molar-refractivity contribution is 5.90. The Morgan fingerprint density at radius 2 is 1.36 bits per heavy atom. The maximum absolute atomic E-state index is 12.6. The minimum Gasteiger partial charge on any atom is -0.481 e. The first-order valence-electron chi connectivity index (χ1n) is 14.4. The first kappa shape index (κ1) is 29.1. The van der Waals surface area contributed by atoms with Gasteiger partial charge in [-0.1, -0.05) is 94.4 Å². The summed E-state index contributed by atoms with van der Waals surface area (Å²) < 4.78 is 16.2. The second-order valence-electron chi connectivity index (χ2n) is 12.2. The fraction of sp³-hybridized carbons (Fsp3) is 0.297. The molecule has 5 rings (SSSR count). The number of benzene rings is 4. The van der Waals surface area contributed by atoms with Crippen LogP contribution in [0.15, 0.2) is 91.0 Å². The molecule has 0 radical (unpaired) electrons. The number of carbonyl (C=O) groups excluding carboxylic acids is 2. The van der Waals surface area contributed by atoms with Crippen LogP contribution in [0.1, 0.15) is 67.6 Å². The molecule has 0 atom stereocenters. The van der Waals surface area contributed by atoms with E-state index >= 15 is 0 Å². The predicted molar refractivity (Wildman–Crippen MR) is 166 cm³/mol. The Balaban J connectivity index is 1.46. The van der Waals surface area contributed by atoms with Gasteiger partial charge in [-0.05, 0) is 81.3 Å². The third-order valence-electron chi connectivity index (χ3n) is 8.38. The van der Waals surface area contributed by atoms with Gasteiger partial charge in [0.2, 0.25) is 0 Å². The highest BCUT2D eigenvalue weighted by Crippen LogP contribution is 2.47. The average molecular weight is 563 g/mol. The Hall–Kier alpha value is -4.38. The van der Waals surface area contributed by atoms with E-state index in [1.54, 1.807) is 12.1 Å². The first-order chi connectivity index (χ1) is 20.1. The molecule has 0 unspecified atom stereocenters. The van der Waals surface area contributed by atoms with Crippen LogP contribution in [0.5, 0.6) is 5.75 Å². The van der Waals surface area contributed by atoms with Gasteiger partial charge in [0, 0.05) is 5.56 Å². The molecule has 4 aromatic rings. The molecule has 1 aliphatic carbocycles. The monoisotopic (exact) mass is 562 g/mol. The second-order valence-corrected chi connectivity index (χ2v) is 12.2. The summed E-state index contributed by atoms with van der Waals surface area (Å²) in [5.41, 5.74) is 8.17. The molecule has 42 heavy (non-hydrogen) atoms. The number of ether oxygens (including phenoxy) is 3. The number of fused-ring (bicyclic) bond motifs is 1. The number of hydrogen-bond donors (Lipinski definition) is 0. The third-order valence-corrected chi connectivity index (χ3v) is 8.38. The van der Waals surface area contributed by atoms with Crippen molar-refractivity contribution < 1.29 is 23.8 Å². The van der Waals surface area contributed by atoms with Crippen molar-refractivity contribution in [3.63, 3.8) is 0 Å². The van der Waals surface area contributed by atoms with Crippen molar-refractivity contribution in [3.8, 4) is 28.0 Å². The van der Waals surface area contributed by atoms with E-state index in [2.05, 4.69) is 52.0 Å². The zero-order chi connectivity index (χ0) is 29.9. The smallest absolute Gasteiger partial charge is 0.343 e. The van der Waals surface area contributed by atoms with Crippen LogP contribution >= 0.6 is 0 Å². The van der Waals surface area contributed by atoms with E-state index < -0.39 is 5.97 Å². The topological polar surface area (TPSA) is 61.8 Å². The van der Waals surface area contributed by atoms with Gasteiger partial charge in [-0.15, -0.1) is 0 Å². The molecule has 0 bridgehead atoms. The molecule has 1 aliphatic rings. The molecule has 0 saturated carbocycles. The van der Waals surface area contributed by atoms with Gasteiger partial charge in [-0.3, -0.25) is 0 Å². The van der Waals surface area contributed by atoms with E-state index in [1.165, 1.54) is 18.2 Å². The molecule has 4 aromatic carbocycles. The summed E-state index contributed by atoms with van der Waals surface area (Å²) in [6, 6.07) is 29.7. The second kappa shape index (κ2) is 11.8. The molecular weight excluding hydrogens is 524 g/mol. The van der Waals surface area contributed by atoms with Gasteiger partial charge in [0.15, 0.2) is 6.61 Å². The first-order valence-corrected chi connectivity index (χ1v) is 14.4. The van der Waals surface area contributed by atoms with Gasteiger partial charge < -0.3 is 14.2 Å². The zero-order valence-electron chi connectivity index (χ0n) is 25.0. The Morgan fingerprint density at radius 1 is 0.714 bits per heavy atom. The van der Waals surface area contributed by atoms with Gasteiger partial charge in [-0.2, -0.15) is 0 Å². The highest BCUT2D eigenvalue weighted by Gasteiger charge is 2.37. The molecule has 0 aromatic heterocycles. The Bertz CT molecular complexity index is 1580. The fourth-order valence-electron chi connectivity index (χ4n) is 5.62. The fourth-order valence-corrected chi connectivity index (χ4v) is 5.62. The van der Waals surface area contributed by atoms with Crippen molar-refractivity contribution in [3.05, 3.63) is 113 Å². The Labute approximate surface area is 248 Å². The molecule has 0 heterocycles. The largest absolute Gasteiger partial charge is 0.481 e. The molecule has 0 aliphatic heterocycles. The van der Waals surface area contributed by atoms with Crippen molar-refractivity contribution in [2.45, 2.75) is 58.0 Å². The molecule has 0 N–H and O–H groups in total. The lowest BCUT2D eigenvalue weighted by molar-refractivity contribution is -0.142. The summed E-state index contributed by atoms with van der Waals surface area (Å²) in [6.45, 7) is 9.30. The molecule has 0 amide bonds. The molecule has 5 nitrogen and oxygen atoms in total. The lowest BCUT2D eigenvalue weighted by Gasteiger charge is -2.42. The summed E-state index contributed by atoms with van der Waals surface area (Å²) in [5, 5.41) is 0. The van der Waals surface area contributed by atoms with Gasteiger partial charge in [0.05, 0.1) is 12.7 Å². The molecule has 0 fully saturated rings. The van der Waals surface area contributed by atoms with Gasteiger partial charge in [0.1, 0.15) is 12.4 Å². The van der Waals surface area contributed by atoms with Gasteiger partial charge in [-0.25, -0.2) is 9.59 Å². The summed E-state index contributed by atoms with van der Waals surface area (Å²) in [6.07, 6.45) is 2.26. The number of carbonyl (C=O) groups is 2. The van der Waals surface area contributed by atoms with Crippen molar-refractivity contribution in [2.75, 3.05) is 13.7 Å². The normalized spacial score (nSPS) is 14.9. The van der Waals surface area contributed by atoms with Gasteiger partial charge >= 0.3 is 11.9 Å². The van der Waals surface area contributed by atoms with Crippen LogP contribution in [0.25, 0.3) is 22.3 Å². The summed E-state index contributed by atoms with van der Waals surface area (Å²) in [7, 11) is 1.35. The van der Waals surface area contributed by atoms with Gasteiger partial charge in [0.25, 0.3) is 0 Å². The average Bonchev–Trinajstić information content (AvgIpc) is 3.01. The summed E-state index contributed by atoms with van der Waals surface area (Å²) in [4.78, 5) is 24.5. The molecule has 0 saturated heterocycles. The standard InChI is InChI=1S/C37H38O5/c1-36(2)19-20-37(3,4)32-22-29(15-17-31(32)36)30-21-28(16-18-33(30)41-24-34(38)40-5)26-11-13-27(14-12-26)35(39)42-23-25-9-7-6-8-10-25/h6-18,21-22H,19-20,23-24H2,1-5H3.